The van der Waals surface area contributed by atoms with Gasteiger partial charge in [0.25, 0.3) is 0 Å². The zero-order valence-electron chi connectivity index (χ0n) is 13.9. The van der Waals surface area contributed by atoms with Crippen LogP contribution in [-0.2, 0) is 14.6 Å². The Bertz CT molecular complexity index is 276. The molecule has 3 unspecified atom stereocenters. The van der Waals surface area contributed by atoms with Gasteiger partial charge in [-0.2, -0.15) is 0 Å². The average molecular weight is 288 g/mol. The summed E-state index contributed by atoms with van der Waals surface area (Å²) in [6.07, 6.45) is 3.90. The number of carboxylic acids is 1. The van der Waals surface area contributed by atoms with E-state index in [4.69, 9.17) is 14.9 Å². The molecule has 0 heterocycles. The zero-order chi connectivity index (χ0) is 15.8. The van der Waals surface area contributed by atoms with Crippen molar-refractivity contribution in [2.75, 3.05) is 0 Å². The molecular weight excluding hydrogens is 256 g/mol. The van der Waals surface area contributed by atoms with Crippen LogP contribution in [0.1, 0.15) is 73.6 Å². The first kappa shape index (κ1) is 19.4. The Morgan fingerprint density at radius 1 is 1.20 bits per heavy atom. The lowest BCUT2D eigenvalue weighted by Gasteiger charge is -2.32. The second-order valence-electron chi connectivity index (χ2n) is 6.18. The van der Waals surface area contributed by atoms with E-state index < -0.39 is 5.97 Å². The summed E-state index contributed by atoms with van der Waals surface area (Å²) in [5.74, 6) is -0.723. The molecule has 120 valence electrons. The van der Waals surface area contributed by atoms with E-state index in [1.807, 2.05) is 27.7 Å². The minimum Gasteiger partial charge on any atom is -0.481 e. The summed E-state index contributed by atoms with van der Waals surface area (Å²) >= 11 is 0. The van der Waals surface area contributed by atoms with E-state index in [1.54, 1.807) is 0 Å². The van der Waals surface area contributed by atoms with E-state index in [9.17, 15) is 4.79 Å². The van der Waals surface area contributed by atoms with Crippen LogP contribution in [0.5, 0.6) is 0 Å². The molecule has 4 heteroatoms. The number of rotatable bonds is 11. The standard InChI is InChI=1S/C16H32O4/c1-7-10-12(4)16(5,6)20-19-14(9-3)11-13(8-2)15(17)18/h12-14H,7-11H2,1-6H3,(H,17,18). The highest BCUT2D eigenvalue weighted by Crippen LogP contribution is 2.27. The number of carbonyl (C=O) groups is 1. The molecule has 0 fully saturated rings. The predicted molar refractivity (Wildman–Crippen MR) is 80.4 cm³/mol. The molecule has 20 heavy (non-hydrogen) atoms. The fourth-order valence-electron chi connectivity index (χ4n) is 2.09. The minimum atomic E-state index is -0.756. The SMILES string of the molecule is CCCC(C)C(C)(C)OOC(CC)CC(CC)C(=O)O. The summed E-state index contributed by atoms with van der Waals surface area (Å²) in [5, 5.41) is 9.11. The van der Waals surface area contributed by atoms with Crippen LogP contribution in [-0.4, -0.2) is 22.8 Å². The first-order chi connectivity index (χ1) is 9.28. The maximum Gasteiger partial charge on any atom is 0.306 e. The van der Waals surface area contributed by atoms with Gasteiger partial charge in [0, 0.05) is 0 Å². The lowest BCUT2D eigenvalue weighted by molar-refractivity contribution is -0.388. The first-order valence-corrected chi connectivity index (χ1v) is 7.85. The summed E-state index contributed by atoms with van der Waals surface area (Å²) in [4.78, 5) is 22.3. The van der Waals surface area contributed by atoms with Crippen molar-refractivity contribution in [3.05, 3.63) is 0 Å². The van der Waals surface area contributed by atoms with Crippen LogP contribution in [0.25, 0.3) is 0 Å². The van der Waals surface area contributed by atoms with Gasteiger partial charge in [0.1, 0.15) is 5.60 Å². The van der Waals surface area contributed by atoms with Gasteiger partial charge in [0.15, 0.2) is 0 Å². The fourth-order valence-corrected chi connectivity index (χ4v) is 2.09. The smallest absolute Gasteiger partial charge is 0.306 e. The molecule has 0 saturated carbocycles. The molecule has 0 aromatic rings. The van der Waals surface area contributed by atoms with Gasteiger partial charge in [-0.05, 0) is 45.4 Å². The molecule has 0 amide bonds. The van der Waals surface area contributed by atoms with E-state index in [2.05, 4.69) is 13.8 Å². The molecule has 0 rings (SSSR count). The lowest BCUT2D eigenvalue weighted by atomic mass is 9.89. The molecule has 0 radical (unpaired) electrons. The number of aliphatic carboxylic acids is 1. The highest BCUT2D eigenvalue weighted by molar-refractivity contribution is 5.69. The van der Waals surface area contributed by atoms with Crippen LogP contribution in [0.15, 0.2) is 0 Å². The molecule has 0 aliphatic rings. The van der Waals surface area contributed by atoms with Gasteiger partial charge < -0.3 is 5.11 Å². The third-order valence-corrected chi connectivity index (χ3v) is 4.15. The van der Waals surface area contributed by atoms with Crippen molar-refractivity contribution >= 4 is 5.97 Å². The summed E-state index contributed by atoms with van der Waals surface area (Å²) in [7, 11) is 0. The molecule has 0 spiro atoms. The van der Waals surface area contributed by atoms with E-state index >= 15 is 0 Å². The second-order valence-corrected chi connectivity index (χ2v) is 6.18. The summed E-state index contributed by atoms with van der Waals surface area (Å²) in [6, 6.07) is 0. The molecule has 1 N–H and O–H groups in total. The van der Waals surface area contributed by atoms with Gasteiger partial charge >= 0.3 is 5.97 Å². The molecule has 0 aliphatic heterocycles. The summed E-state index contributed by atoms with van der Waals surface area (Å²) in [5.41, 5.74) is -0.353. The molecule has 4 nitrogen and oxygen atoms in total. The average Bonchev–Trinajstić information content (AvgIpc) is 2.38. The Kier molecular flexibility index (Phi) is 9.06. The van der Waals surface area contributed by atoms with Gasteiger partial charge in [-0.3, -0.25) is 4.79 Å². The van der Waals surface area contributed by atoms with Crippen LogP contribution < -0.4 is 0 Å². The topological polar surface area (TPSA) is 55.8 Å². The van der Waals surface area contributed by atoms with E-state index in [0.717, 1.165) is 19.3 Å². The Morgan fingerprint density at radius 2 is 1.80 bits per heavy atom. The quantitative estimate of drug-likeness (QED) is 0.451. The Morgan fingerprint density at radius 3 is 2.20 bits per heavy atom. The van der Waals surface area contributed by atoms with Crippen molar-refractivity contribution in [2.45, 2.75) is 85.4 Å². The zero-order valence-corrected chi connectivity index (χ0v) is 13.9. The molecule has 0 aromatic heterocycles. The van der Waals surface area contributed by atoms with Crippen molar-refractivity contribution in [1.82, 2.24) is 0 Å². The monoisotopic (exact) mass is 288 g/mol. The van der Waals surface area contributed by atoms with Gasteiger partial charge in [-0.25, -0.2) is 9.78 Å². The summed E-state index contributed by atoms with van der Waals surface area (Å²) in [6.45, 7) is 12.2. The van der Waals surface area contributed by atoms with Crippen LogP contribution >= 0.6 is 0 Å². The molecule has 3 atom stereocenters. The van der Waals surface area contributed by atoms with E-state index in [0.29, 0.717) is 18.8 Å². The van der Waals surface area contributed by atoms with Crippen molar-refractivity contribution < 1.29 is 19.7 Å². The van der Waals surface area contributed by atoms with Gasteiger partial charge in [0.2, 0.25) is 0 Å². The highest BCUT2D eigenvalue weighted by atomic mass is 17.2. The van der Waals surface area contributed by atoms with E-state index in [-0.39, 0.29) is 17.6 Å². The van der Waals surface area contributed by atoms with Crippen LogP contribution in [0.2, 0.25) is 0 Å². The predicted octanol–water partition coefficient (Wildman–Crippen LogP) is 4.43. The number of hydrogen-bond acceptors (Lipinski definition) is 3. The van der Waals surface area contributed by atoms with Crippen molar-refractivity contribution in [3.63, 3.8) is 0 Å². The Balaban J connectivity index is 4.40. The molecular formula is C16H32O4. The van der Waals surface area contributed by atoms with Gasteiger partial charge in [-0.1, -0.05) is 34.1 Å². The molecule has 0 aromatic carbocycles. The van der Waals surface area contributed by atoms with Crippen molar-refractivity contribution in [3.8, 4) is 0 Å². The van der Waals surface area contributed by atoms with Crippen molar-refractivity contribution in [2.24, 2.45) is 11.8 Å². The summed E-state index contributed by atoms with van der Waals surface area (Å²) < 4.78 is 0. The normalized spacial score (nSPS) is 16.7. The maximum absolute atomic E-state index is 11.1. The minimum absolute atomic E-state index is 0.163. The fraction of sp³-hybridized carbons (Fsp3) is 0.938. The van der Waals surface area contributed by atoms with Crippen LogP contribution in [0, 0.1) is 11.8 Å². The second kappa shape index (κ2) is 9.35. The highest BCUT2D eigenvalue weighted by Gasteiger charge is 2.29. The van der Waals surface area contributed by atoms with Crippen molar-refractivity contribution in [1.29, 1.82) is 0 Å². The molecule has 0 aliphatic carbocycles. The molecule has 0 saturated heterocycles. The number of carboxylic acid groups (broad SMARTS) is 1. The Labute approximate surface area is 123 Å². The number of hydrogen-bond donors (Lipinski definition) is 1. The third-order valence-electron chi connectivity index (χ3n) is 4.15. The largest absolute Gasteiger partial charge is 0.481 e. The van der Waals surface area contributed by atoms with Gasteiger partial charge in [-0.15, -0.1) is 0 Å². The lowest BCUT2D eigenvalue weighted by Crippen LogP contribution is -2.35. The van der Waals surface area contributed by atoms with Crippen LogP contribution in [0.3, 0.4) is 0 Å². The first-order valence-electron chi connectivity index (χ1n) is 7.85. The third kappa shape index (κ3) is 6.71. The van der Waals surface area contributed by atoms with Gasteiger partial charge in [0.05, 0.1) is 12.0 Å². The maximum atomic E-state index is 11.1. The van der Waals surface area contributed by atoms with E-state index in [1.165, 1.54) is 0 Å². The van der Waals surface area contributed by atoms with Crippen LogP contribution in [0.4, 0.5) is 0 Å². The molecule has 0 bridgehead atoms. The Hall–Kier alpha value is -0.610.